The first-order valence-electron chi connectivity index (χ1n) is 8.27. The highest BCUT2D eigenvalue weighted by atomic mass is 35.5. The van der Waals surface area contributed by atoms with Crippen LogP contribution in [0.3, 0.4) is 0 Å². The van der Waals surface area contributed by atoms with E-state index in [2.05, 4.69) is 20.4 Å². The van der Waals surface area contributed by atoms with Crippen molar-refractivity contribution >= 4 is 28.8 Å². The second-order valence-corrected chi connectivity index (χ2v) is 7.79. The molecule has 0 saturated heterocycles. The van der Waals surface area contributed by atoms with E-state index in [0.717, 1.165) is 12.0 Å². The topological polar surface area (TPSA) is 80.9 Å². The van der Waals surface area contributed by atoms with E-state index in [4.69, 9.17) is 16.1 Å². The van der Waals surface area contributed by atoms with Crippen LogP contribution in [0, 0.1) is 0 Å². The van der Waals surface area contributed by atoms with Gasteiger partial charge in [-0.1, -0.05) is 41.9 Å². The highest BCUT2D eigenvalue weighted by molar-refractivity contribution is 7.17. The Labute approximate surface area is 160 Å². The van der Waals surface area contributed by atoms with E-state index < -0.39 is 5.54 Å². The minimum Gasteiger partial charge on any atom is -0.339 e. The number of amides is 1. The average molecular weight is 391 g/mol. The molecule has 8 heteroatoms. The molecule has 0 radical (unpaired) electrons. The van der Waals surface area contributed by atoms with E-state index in [1.165, 1.54) is 11.3 Å². The molecular weight excluding hydrogens is 372 g/mol. The van der Waals surface area contributed by atoms with Crippen molar-refractivity contribution in [2.45, 2.75) is 39.2 Å². The van der Waals surface area contributed by atoms with Gasteiger partial charge in [-0.15, -0.1) is 11.3 Å². The zero-order valence-electron chi connectivity index (χ0n) is 14.7. The van der Waals surface area contributed by atoms with Crippen LogP contribution in [0.2, 0.25) is 5.02 Å². The number of thiazole rings is 1. The molecule has 26 heavy (non-hydrogen) atoms. The first kappa shape index (κ1) is 18.5. The fourth-order valence-corrected chi connectivity index (χ4v) is 3.50. The van der Waals surface area contributed by atoms with Crippen molar-refractivity contribution in [2.75, 3.05) is 0 Å². The Hall–Kier alpha value is -2.25. The number of hydrogen-bond acceptors (Lipinski definition) is 6. The van der Waals surface area contributed by atoms with Crippen molar-refractivity contribution in [1.29, 1.82) is 0 Å². The summed E-state index contributed by atoms with van der Waals surface area (Å²) in [6.07, 6.45) is 3.18. The smallest absolute Gasteiger partial charge is 0.263 e. The van der Waals surface area contributed by atoms with Gasteiger partial charge in [0.25, 0.3) is 5.91 Å². The summed E-state index contributed by atoms with van der Waals surface area (Å²) < 4.78 is 5.22. The van der Waals surface area contributed by atoms with Crippen LogP contribution in [-0.4, -0.2) is 21.0 Å². The van der Waals surface area contributed by atoms with Gasteiger partial charge in [-0.3, -0.25) is 4.79 Å². The number of benzene rings is 1. The van der Waals surface area contributed by atoms with E-state index in [-0.39, 0.29) is 5.91 Å². The molecule has 136 valence electrons. The summed E-state index contributed by atoms with van der Waals surface area (Å²) in [6, 6.07) is 7.41. The molecule has 1 N–H and O–H groups in total. The Balaban J connectivity index is 1.76. The SMILES string of the molecule is CCCc1nc(C(C)(C)NC(=O)c2cnc(-c3ccccc3Cl)s2)no1. The van der Waals surface area contributed by atoms with E-state index in [1.807, 2.05) is 39.0 Å². The van der Waals surface area contributed by atoms with Crippen molar-refractivity contribution in [3.63, 3.8) is 0 Å². The monoisotopic (exact) mass is 390 g/mol. The maximum absolute atomic E-state index is 12.6. The number of aromatic nitrogens is 3. The fraction of sp³-hybridized carbons (Fsp3) is 0.333. The molecule has 0 atom stereocenters. The zero-order chi connectivity index (χ0) is 18.7. The molecule has 3 aromatic rings. The average Bonchev–Trinajstić information content (AvgIpc) is 3.25. The minimum atomic E-state index is -0.763. The van der Waals surface area contributed by atoms with Crippen molar-refractivity contribution in [1.82, 2.24) is 20.4 Å². The standard InChI is InChI=1S/C18H19ClN4O2S/c1-4-7-14-21-17(23-25-14)18(2,3)22-15(24)13-10-20-16(26-13)11-8-5-6-9-12(11)19/h5-6,8-10H,4,7H2,1-3H3,(H,22,24). The van der Waals surface area contributed by atoms with Gasteiger partial charge < -0.3 is 9.84 Å². The molecule has 0 fully saturated rings. The highest BCUT2D eigenvalue weighted by Crippen LogP contribution is 2.31. The summed E-state index contributed by atoms with van der Waals surface area (Å²) >= 11 is 7.49. The number of carbonyl (C=O) groups excluding carboxylic acids is 1. The third kappa shape index (κ3) is 3.94. The largest absolute Gasteiger partial charge is 0.339 e. The lowest BCUT2D eigenvalue weighted by Gasteiger charge is -2.21. The highest BCUT2D eigenvalue weighted by Gasteiger charge is 2.29. The van der Waals surface area contributed by atoms with Crippen LogP contribution in [0.15, 0.2) is 35.0 Å². The second kappa shape index (κ2) is 7.55. The van der Waals surface area contributed by atoms with Crippen LogP contribution in [0.4, 0.5) is 0 Å². The quantitative estimate of drug-likeness (QED) is 0.671. The predicted octanol–water partition coefficient (Wildman–Crippen LogP) is 4.46. The van der Waals surface area contributed by atoms with Gasteiger partial charge in [0.05, 0.1) is 16.8 Å². The number of halogens is 1. The molecule has 0 saturated carbocycles. The minimum absolute atomic E-state index is 0.243. The van der Waals surface area contributed by atoms with Gasteiger partial charge in [0.2, 0.25) is 5.89 Å². The molecule has 1 amide bonds. The van der Waals surface area contributed by atoms with E-state index in [9.17, 15) is 4.79 Å². The Morgan fingerprint density at radius 3 is 2.85 bits per heavy atom. The van der Waals surface area contributed by atoms with Crippen LogP contribution < -0.4 is 5.32 Å². The Morgan fingerprint density at radius 1 is 1.35 bits per heavy atom. The third-order valence-electron chi connectivity index (χ3n) is 3.75. The van der Waals surface area contributed by atoms with Crippen molar-refractivity contribution in [3.05, 3.63) is 52.1 Å². The molecule has 0 aliphatic carbocycles. The van der Waals surface area contributed by atoms with Gasteiger partial charge in [0, 0.05) is 12.0 Å². The van der Waals surface area contributed by atoms with E-state index in [1.54, 1.807) is 12.3 Å². The van der Waals surface area contributed by atoms with Gasteiger partial charge in [-0.25, -0.2) is 4.98 Å². The van der Waals surface area contributed by atoms with E-state index in [0.29, 0.717) is 33.0 Å². The number of hydrogen-bond donors (Lipinski definition) is 1. The molecular formula is C18H19ClN4O2S. The number of aryl methyl sites for hydroxylation is 1. The molecule has 2 heterocycles. The molecule has 0 aliphatic heterocycles. The van der Waals surface area contributed by atoms with Crippen molar-refractivity contribution < 1.29 is 9.32 Å². The van der Waals surface area contributed by atoms with E-state index >= 15 is 0 Å². The summed E-state index contributed by atoms with van der Waals surface area (Å²) in [6.45, 7) is 5.71. The molecule has 0 unspecified atom stereocenters. The summed E-state index contributed by atoms with van der Waals surface area (Å²) in [5, 5.41) is 8.22. The molecule has 1 aromatic carbocycles. The van der Waals surface area contributed by atoms with Gasteiger partial charge in [0.15, 0.2) is 5.82 Å². The zero-order valence-corrected chi connectivity index (χ0v) is 16.3. The molecule has 2 aromatic heterocycles. The molecule has 0 bridgehead atoms. The van der Waals surface area contributed by atoms with Crippen LogP contribution in [0.5, 0.6) is 0 Å². The lowest BCUT2D eigenvalue weighted by atomic mass is 10.0. The van der Waals surface area contributed by atoms with Crippen LogP contribution in [0.1, 0.15) is 48.6 Å². The van der Waals surface area contributed by atoms with Gasteiger partial charge >= 0.3 is 0 Å². The Morgan fingerprint density at radius 2 is 2.12 bits per heavy atom. The molecule has 6 nitrogen and oxygen atoms in total. The predicted molar refractivity (Wildman–Crippen MR) is 101 cm³/mol. The molecule has 0 aliphatic rings. The Bertz CT molecular complexity index is 919. The van der Waals surface area contributed by atoms with Gasteiger partial charge in [-0.05, 0) is 26.3 Å². The maximum atomic E-state index is 12.6. The first-order chi connectivity index (χ1) is 12.4. The lowest BCUT2D eigenvalue weighted by molar-refractivity contribution is 0.0911. The summed E-state index contributed by atoms with van der Waals surface area (Å²) in [5.74, 6) is 0.779. The van der Waals surface area contributed by atoms with Crippen molar-refractivity contribution in [3.8, 4) is 10.6 Å². The lowest BCUT2D eigenvalue weighted by Crippen LogP contribution is -2.41. The number of nitrogens with zero attached hydrogens (tertiary/aromatic N) is 3. The second-order valence-electron chi connectivity index (χ2n) is 6.35. The fourth-order valence-electron chi connectivity index (χ4n) is 2.36. The van der Waals surface area contributed by atoms with Crippen LogP contribution in [-0.2, 0) is 12.0 Å². The summed E-state index contributed by atoms with van der Waals surface area (Å²) in [5.41, 5.74) is 0.0426. The summed E-state index contributed by atoms with van der Waals surface area (Å²) in [4.78, 5) is 21.8. The van der Waals surface area contributed by atoms with Crippen molar-refractivity contribution in [2.24, 2.45) is 0 Å². The number of carbonyl (C=O) groups is 1. The van der Waals surface area contributed by atoms with Gasteiger partial charge in [-0.2, -0.15) is 4.98 Å². The number of nitrogens with one attached hydrogen (secondary N) is 1. The third-order valence-corrected chi connectivity index (χ3v) is 5.11. The molecule has 0 spiro atoms. The molecule has 3 rings (SSSR count). The first-order valence-corrected chi connectivity index (χ1v) is 9.46. The summed E-state index contributed by atoms with van der Waals surface area (Å²) in [7, 11) is 0. The van der Waals surface area contributed by atoms with Gasteiger partial charge in [0.1, 0.15) is 9.88 Å². The normalized spacial score (nSPS) is 11.5. The Kier molecular flexibility index (Phi) is 5.38. The maximum Gasteiger partial charge on any atom is 0.263 e. The van der Waals surface area contributed by atoms with Crippen LogP contribution >= 0.6 is 22.9 Å². The van der Waals surface area contributed by atoms with Crippen LogP contribution in [0.25, 0.3) is 10.6 Å². The number of rotatable bonds is 6.